The second-order valence-electron chi connectivity index (χ2n) is 6.38. The number of para-hydroxylation sites is 1. The molecule has 4 amide bonds. The third-order valence-electron chi connectivity index (χ3n) is 4.57. The van der Waals surface area contributed by atoms with Crippen molar-refractivity contribution in [3.05, 3.63) is 24.3 Å². The molecule has 0 saturated carbocycles. The first kappa shape index (κ1) is 17.6. The summed E-state index contributed by atoms with van der Waals surface area (Å²) >= 11 is 1.77. The molecule has 0 aliphatic carbocycles. The fraction of sp³-hybridized carbons (Fsp3) is 0.471. The minimum atomic E-state index is -0.962. The van der Waals surface area contributed by atoms with Crippen LogP contribution >= 0.6 is 11.8 Å². The van der Waals surface area contributed by atoms with Gasteiger partial charge in [-0.05, 0) is 37.7 Å². The highest BCUT2D eigenvalue weighted by Crippen LogP contribution is 2.33. The highest BCUT2D eigenvalue weighted by molar-refractivity contribution is 7.99. The summed E-state index contributed by atoms with van der Waals surface area (Å²) in [5.74, 6) is 0.183. The Balaban J connectivity index is 1.69. The number of rotatable bonds is 4. The van der Waals surface area contributed by atoms with E-state index in [2.05, 4.69) is 10.7 Å². The molecule has 1 fully saturated rings. The lowest BCUT2D eigenvalue weighted by Crippen LogP contribution is -2.51. The second-order valence-corrected chi connectivity index (χ2v) is 7.52. The second kappa shape index (κ2) is 6.95. The molecule has 2 heterocycles. The molecule has 3 rings (SSSR count). The minimum absolute atomic E-state index is 0.0947. The van der Waals surface area contributed by atoms with Crippen LogP contribution in [0.2, 0.25) is 0 Å². The Kier molecular flexibility index (Phi) is 4.89. The zero-order valence-electron chi connectivity index (χ0n) is 14.4. The fourth-order valence-corrected chi connectivity index (χ4v) is 3.93. The number of hydrogen-bond donors (Lipinski definition) is 2. The summed E-state index contributed by atoms with van der Waals surface area (Å²) in [5.41, 5.74) is 2.50. The zero-order valence-corrected chi connectivity index (χ0v) is 15.2. The molecule has 2 aliphatic rings. The van der Waals surface area contributed by atoms with E-state index >= 15 is 0 Å². The van der Waals surface area contributed by atoms with Crippen LogP contribution in [0.1, 0.15) is 26.7 Å². The number of urea groups is 1. The lowest BCUT2D eigenvalue weighted by Gasteiger charge is -2.25. The van der Waals surface area contributed by atoms with E-state index in [0.717, 1.165) is 34.3 Å². The van der Waals surface area contributed by atoms with Gasteiger partial charge in [-0.2, -0.15) is 5.01 Å². The SMILES string of the molecule is CC[C@]1(C)NC(=O)N(NC(=O)CN2CCCSc3ccccc32)C1=O. The molecule has 0 aromatic heterocycles. The third kappa shape index (κ3) is 3.44. The van der Waals surface area contributed by atoms with E-state index in [1.165, 1.54) is 0 Å². The van der Waals surface area contributed by atoms with E-state index in [1.54, 1.807) is 18.7 Å². The number of imide groups is 1. The van der Waals surface area contributed by atoms with Gasteiger partial charge in [0.05, 0.1) is 12.2 Å². The van der Waals surface area contributed by atoms with Crippen LogP contribution < -0.4 is 15.6 Å². The Bertz CT molecular complexity index is 711. The molecule has 1 aromatic rings. The van der Waals surface area contributed by atoms with E-state index in [1.807, 2.05) is 36.1 Å². The molecule has 2 aliphatic heterocycles. The predicted molar refractivity (Wildman–Crippen MR) is 96.2 cm³/mol. The molecule has 134 valence electrons. The van der Waals surface area contributed by atoms with Crippen molar-refractivity contribution in [2.24, 2.45) is 0 Å². The number of anilines is 1. The summed E-state index contributed by atoms with van der Waals surface area (Å²) in [6.07, 6.45) is 1.42. The molecule has 0 spiro atoms. The number of carbonyl (C=O) groups excluding carboxylic acids is 3. The lowest BCUT2D eigenvalue weighted by atomic mass is 10.00. The smallest absolute Gasteiger partial charge is 0.344 e. The monoisotopic (exact) mass is 362 g/mol. The number of thioether (sulfide) groups is 1. The molecular weight excluding hydrogens is 340 g/mol. The Morgan fingerprint density at radius 3 is 2.84 bits per heavy atom. The standard InChI is InChI=1S/C17H22N4O3S/c1-3-17(2)15(23)21(16(24)18-17)19-14(22)11-20-9-6-10-25-13-8-5-4-7-12(13)20/h4-5,7-8H,3,6,9-11H2,1-2H3,(H,18,24)(H,19,22)/t17-/m0/s1. The maximum Gasteiger partial charge on any atom is 0.344 e. The number of hydrogen-bond acceptors (Lipinski definition) is 5. The van der Waals surface area contributed by atoms with E-state index < -0.39 is 17.5 Å². The Hall–Kier alpha value is -2.22. The van der Waals surface area contributed by atoms with E-state index in [4.69, 9.17) is 0 Å². The van der Waals surface area contributed by atoms with Crippen molar-refractivity contribution < 1.29 is 14.4 Å². The fourth-order valence-electron chi connectivity index (χ4n) is 2.92. The Morgan fingerprint density at radius 2 is 2.12 bits per heavy atom. The molecule has 0 bridgehead atoms. The molecule has 8 heteroatoms. The number of amides is 4. The van der Waals surface area contributed by atoms with Gasteiger partial charge in [-0.15, -0.1) is 11.8 Å². The number of carbonyl (C=O) groups is 3. The predicted octanol–water partition coefficient (Wildman–Crippen LogP) is 1.74. The lowest BCUT2D eigenvalue weighted by molar-refractivity contribution is -0.138. The average molecular weight is 362 g/mol. The summed E-state index contributed by atoms with van der Waals surface area (Å²) in [6, 6.07) is 7.37. The van der Waals surface area contributed by atoms with Crippen molar-refractivity contribution in [2.45, 2.75) is 37.1 Å². The summed E-state index contributed by atoms with van der Waals surface area (Å²) in [5, 5.41) is 3.42. The van der Waals surface area contributed by atoms with E-state index in [0.29, 0.717) is 6.42 Å². The van der Waals surface area contributed by atoms with Crippen LogP contribution in [0.25, 0.3) is 0 Å². The van der Waals surface area contributed by atoms with Gasteiger partial charge in [0.2, 0.25) is 0 Å². The van der Waals surface area contributed by atoms with Crippen LogP contribution in [0.4, 0.5) is 10.5 Å². The molecule has 0 radical (unpaired) electrons. The summed E-state index contributed by atoms with van der Waals surface area (Å²) in [4.78, 5) is 39.9. The van der Waals surface area contributed by atoms with Gasteiger partial charge >= 0.3 is 6.03 Å². The molecule has 1 saturated heterocycles. The van der Waals surface area contributed by atoms with Gasteiger partial charge in [0, 0.05) is 11.4 Å². The van der Waals surface area contributed by atoms with Crippen molar-refractivity contribution in [3.63, 3.8) is 0 Å². The summed E-state index contributed by atoms with van der Waals surface area (Å²) < 4.78 is 0. The van der Waals surface area contributed by atoms with Crippen molar-refractivity contribution in [2.75, 3.05) is 23.7 Å². The van der Waals surface area contributed by atoms with Crippen LogP contribution in [0.15, 0.2) is 29.2 Å². The molecule has 0 unspecified atom stereocenters. The van der Waals surface area contributed by atoms with Crippen molar-refractivity contribution in [3.8, 4) is 0 Å². The van der Waals surface area contributed by atoms with Gasteiger partial charge in [0.25, 0.3) is 11.8 Å². The Morgan fingerprint density at radius 1 is 1.36 bits per heavy atom. The topological polar surface area (TPSA) is 81.8 Å². The van der Waals surface area contributed by atoms with Crippen LogP contribution in [0.3, 0.4) is 0 Å². The number of nitrogens with one attached hydrogen (secondary N) is 2. The highest BCUT2D eigenvalue weighted by Gasteiger charge is 2.47. The van der Waals surface area contributed by atoms with Gasteiger partial charge in [0.1, 0.15) is 5.54 Å². The largest absolute Gasteiger partial charge is 0.361 e. The van der Waals surface area contributed by atoms with Crippen molar-refractivity contribution in [1.82, 2.24) is 15.8 Å². The van der Waals surface area contributed by atoms with E-state index in [9.17, 15) is 14.4 Å². The minimum Gasteiger partial charge on any atom is -0.361 e. The average Bonchev–Trinajstić information content (AvgIpc) is 2.75. The van der Waals surface area contributed by atoms with Gasteiger partial charge in [-0.25, -0.2) is 4.79 Å². The van der Waals surface area contributed by atoms with Gasteiger partial charge < -0.3 is 10.2 Å². The normalized spacial score (nSPS) is 23.1. The molecule has 1 aromatic carbocycles. The van der Waals surface area contributed by atoms with Gasteiger partial charge in [0.15, 0.2) is 0 Å². The molecule has 25 heavy (non-hydrogen) atoms. The van der Waals surface area contributed by atoms with Gasteiger partial charge in [-0.3, -0.25) is 15.0 Å². The van der Waals surface area contributed by atoms with E-state index in [-0.39, 0.29) is 12.5 Å². The van der Waals surface area contributed by atoms with Gasteiger partial charge in [-0.1, -0.05) is 19.1 Å². The van der Waals surface area contributed by atoms with Crippen LogP contribution in [0, 0.1) is 0 Å². The molecule has 1 atom stereocenters. The number of benzene rings is 1. The maximum atomic E-state index is 12.4. The summed E-state index contributed by atoms with van der Waals surface area (Å²) in [7, 11) is 0. The first-order valence-electron chi connectivity index (χ1n) is 8.37. The highest BCUT2D eigenvalue weighted by atomic mass is 32.2. The number of nitrogens with zero attached hydrogens (tertiary/aromatic N) is 2. The van der Waals surface area contributed by atoms with Crippen molar-refractivity contribution >= 4 is 35.3 Å². The van der Waals surface area contributed by atoms with Crippen LogP contribution in [-0.4, -0.2) is 47.2 Å². The number of hydrazine groups is 1. The molecular formula is C17H22N4O3S. The quantitative estimate of drug-likeness (QED) is 0.798. The summed E-state index contributed by atoms with van der Waals surface area (Å²) in [6.45, 7) is 4.32. The Labute approximate surface area is 151 Å². The van der Waals surface area contributed by atoms with Crippen LogP contribution in [0.5, 0.6) is 0 Å². The first-order valence-corrected chi connectivity index (χ1v) is 9.36. The zero-order chi connectivity index (χ0) is 18.0. The van der Waals surface area contributed by atoms with Crippen molar-refractivity contribution in [1.29, 1.82) is 0 Å². The third-order valence-corrected chi connectivity index (χ3v) is 5.72. The first-order chi connectivity index (χ1) is 11.9. The number of fused-ring (bicyclic) bond motifs is 1. The molecule has 7 nitrogen and oxygen atoms in total. The van der Waals surface area contributed by atoms with Crippen LogP contribution in [-0.2, 0) is 9.59 Å². The maximum absolute atomic E-state index is 12.4. The molecule has 2 N–H and O–H groups in total.